The highest BCUT2D eigenvalue weighted by Crippen LogP contribution is 2.31. The predicted molar refractivity (Wildman–Crippen MR) is 90.5 cm³/mol. The van der Waals surface area contributed by atoms with Crippen molar-refractivity contribution in [3.63, 3.8) is 0 Å². The summed E-state index contributed by atoms with van der Waals surface area (Å²) >= 11 is 0. The molecule has 0 bridgehead atoms. The Hall–Kier alpha value is -2.22. The minimum absolute atomic E-state index is 0.226. The van der Waals surface area contributed by atoms with Gasteiger partial charge in [0.1, 0.15) is 5.82 Å². The van der Waals surface area contributed by atoms with Crippen LogP contribution in [0, 0.1) is 5.82 Å². The topological polar surface area (TPSA) is 12.9 Å². The molecule has 0 aliphatic heterocycles. The molecule has 3 aromatic rings. The van der Waals surface area contributed by atoms with Crippen molar-refractivity contribution in [2.45, 2.75) is 32.6 Å². The fourth-order valence-electron chi connectivity index (χ4n) is 2.99. The van der Waals surface area contributed by atoms with Gasteiger partial charge in [-0.1, -0.05) is 50.6 Å². The number of aromatic nitrogens is 1. The summed E-state index contributed by atoms with van der Waals surface area (Å²) in [6.45, 7) is 4.45. The van der Waals surface area contributed by atoms with E-state index in [-0.39, 0.29) is 5.82 Å². The van der Waals surface area contributed by atoms with E-state index in [1.54, 1.807) is 12.1 Å². The standard InChI is InChI=1S/C20H20FN/c1-3-7-14(2)18-13-20(15-8-6-9-16(21)12-15)22-19-11-5-4-10-17(18)19/h4-6,8-14H,3,7H2,1-2H3. The first-order chi connectivity index (χ1) is 10.7. The van der Waals surface area contributed by atoms with Crippen LogP contribution in [0.4, 0.5) is 4.39 Å². The molecule has 22 heavy (non-hydrogen) atoms. The number of para-hydroxylation sites is 1. The van der Waals surface area contributed by atoms with Crippen molar-refractivity contribution in [3.8, 4) is 11.3 Å². The molecule has 0 radical (unpaired) electrons. The van der Waals surface area contributed by atoms with Gasteiger partial charge in [-0.2, -0.15) is 0 Å². The summed E-state index contributed by atoms with van der Waals surface area (Å²) in [7, 11) is 0. The Morgan fingerprint density at radius 2 is 1.86 bits per heavy atom. The third kappa shape index (κ3) is 2.87. The molecule has 0 aliphatic rings. The summed E-state index contributed by atoms with van der Waals surface area (Å²) in [6.07, 6.45) is 2.28. The maximum atomic E-state index is 13.5. The Morgan fingerprint density at radius 3 is 2.64 bits per heavy atom. The zero-order valence-corrected chi connectivity index (χ0v) is 13.0. The van der Waals surface area contributed by atoms with Gasteiger partial charge in [-0.3, -0.25) is 0 Å². The van der Waals surface area contributed by atoms with Gasteiger partial charge in [-0.05, 0) is 42.2 Å². The monoisotopic (exact) mass is 293 g/mol. The molecule has 0 aliphatic carbocycles. The lowest BCUT2D eigenvalue weighted by atomic mass is 9.92. The van der Waals surface area contributed by atoms with Gasteiger partial charge in [-0.15, -0.1) is 0 Å². The average molecular weight is 293 g/mol. The van der Waals surface area contributed by atoms with E-state index >= 15 is 0 Å². The molecular weight excluding hydrogens is 273 g/mol. The molecule has 0 amide bonds. The third-order valence-corrected chi connectivity index (χ3v) is 4.12. The number of pyridine rings is 1. The highest BCUT2D eigenvalue weighted by atomic mass is 19.1. The molecule has 0 N–H and O–H groups in total. The van der Waals surface area contributed by atoms with E-state index < -0.39 is 0 Å². The fraction of sp³-hybridized carbons (Fsp3) is 0.250. The Bertz CT molecular complexity index is 795. The van der Waals surface area contributed by atoms with E-state index in [1.807, 2.05) is 24.3 Å². The van der Waals surface area contributed by atoms with Crippen LogP contribution in [0.2, 0.25) is 0 Å². The number of rotatable bonds is 4. The van der Waals surface area contributed by atoms with Crippen molar-refractivity contribution in [1.82, 2.24) is 4.98 Å². The number of hydrogen-bond donors (Lipinski definition) is 0. The van der Waals surface area contributed by atoms with E-state index in [1.165, 1.54) is 17.0 Å². The minimum atomic E-state index is -0.226. The predicted octanol–water partition coefficient (Wildman–Crippen LogP) is 5.94. The van der Waals surface area contributed by atoms with Gasteiger partial charge >= 0.3 is 0 Å². The number of nitrogens with zero attached hydrogens (tertiary/aromatic N) is 1. The summed E-state index contributed by atoms with van der Waals surface area (Å²) in [6, 6.07) is 17.0. The number of fused-ring (bicyclic) bond motifs is 1. The van der Waals surface area contributed by atoms with Crippen LogP contribution in [0.15, 0.2) is 54.6 Å². The molecule has 2 heteroatoms. The van der Waals surface area contributed by atoms with Gasteiger partial charge in [0.05, 0.1) is 11.2 Å². The molecule has 1 aromatic heterocycles. The van der Waals surface area contributed by atoms with E-state index in [9.17, 15) is 4.39 Å². The van der Waals surface area contributed by atoms with Crippen LogP contribution in [0.1, 0.15) is 38.2 Å². The van der Waals surface area contributed by atoms with Crippen LogP contribution in [0.5, 0.6) is 0 Å². The van der Waals surface area contributed by atoms with Gasteiger partial charge in [0, 0.05) is 10.9 Å². The number of benzene rings is 2. The second-order valence-electron chi connectivity index (χ2n) is 5.81. The van der Waals surface area contributed by atoms with Crippen LogP contribution >= 0.6 is 0 Å². The first kappa shape index (κ1) is 14.7. The SMILES string of the molecule is CCCC(C)c1cc(-c2cccc(F)c2)nc2ccccc12. The Balaban J connectivity index is 2.20. The average Bonchev–Trinajstić information content (AvgIpc) is 2.54. The van der Waals surface area contributed by atoms with Gasteiger partial charge in [-0.25, -0.2) is 9.37 Å². The minimum Gasteiger partial charge on any atom is -0.248 e. The van der Waals surface area contributed by atoms with Crippen molar-refractivity contribution in [2.75, 3.05) is 0 Å². The van der Waals surface area contributed by atoms with E-state index in [0.29, 0.717) is 5.92 Å². The van der Waals surface area contributed by atoms with E-state index in [4.69, 9.17) is 4.98 Å². The normalized spacial score (nSPS) is 12.5. The van der Waals surface area contributed by atoms with Crippen molar-refractivity contribution in [3.05, 3.63) is 66.0 Å². The summed E-state index contributed by atoms with van der Waals surface area (Å²) in [5.74, 6) is 0.237. The molecular formula is C20H20FN. The van der Waals surface area contributed by atoms with Crippen molar-refractivity contribution < 1.29 is 4.39 Å². The first-order valence-corrected chi connectivity index (χ1v) is 7.84. The second-order valence-corrected chi connectivity index (χ2v) is 5.81. The molecule has 1 unspecified atom stereocenters. The highest BCUT2D eigenvalue weighted by Gasteiger charge is 2.12. The fourth-order valence-corrected chi connectivity index (χ4v) is 2.99. The first-order valence-electron chi connectivity index (χ1n) is 7.84. The summed E-state index contributed by atoms with van der Waals surface area (Å²) in [4.78, 5) is 4.72. The molecule has 1 atom stereocenters. The Labute approximate surface area is 130 Å². The lowest BCUT2D eigenvalue weighted by Crippen LogP contribution is -1.98. The van der Waals surface area contributed by atoms with Crippen LogP contribution in [-0.2, 0) is 0 Å². The van der Waals surface area contributed by atoms with Gasteiger partial charge < -0.3 is 0 Å². The molecule has 3 rings (SSSR count). The lowest BCUT2D eigenvalue weighted by molar-refractivity contribution is 0.628. The number of hydrogen-bond acceptors (Lipinski definition) is 1. The van der Waals surface area contributed by atoms with Crippen molar-refractivity contribution in [2.24, 2.45) is 0 Å². The van der Waals surface area contributed by atoms with Crippen LogP contribution < -0.4 is 0 Å². The molecule has 112 valence electrons. The second kappa shape index (κ2) is 6.27. The van der Waals surface area contributed by atoms with Crippen LogP contribution in [0.25, 0.3) is 22.2 Å². The molecule has 0 spiro atoms. The summed E-state index contributed by atoms with van der Waals surface area (Å²) in [5.41, 5.74) is 3.95. The highest BCUT2D eigenvalue weighted by molar-refractivity contribution is 5.85. The molecule has 2 aromatic carbocycles. The summed E-state index contributed by atoms with van der Waals surface area (Å²) < 4.78 is 13.5. The quantitative estimate of drug-likeness (QED) is 0.579. The van der Waals surface area contributed by atoms with Crippen LogP contribution in [-0.4, -0.2) is 4.98 Å². The Morgan fingerprint density at radius 1 is 1.05 bits per heavy atom. The maximum absolute atomic E-state index is 13.5. The smallest absolute Gasteiger partial charge is 0.123 e. The van der Waals surface area contributed by atoms with Crippen LogP contribution in [0.3, 0.4) is 0 Å². The summed E-state index contributed by atoms with van der Waals surface area (Å²) in [5, 5.41) is 1.20. The zero-order chi connectivity index (χ0) is 15.5. The molecule has 0 saturated carbocycles. The Kier molecular flexibility index (Phi) is 4.19. The number of halogens is 1. The molecule has 0 saturated heterocycles. The maximum Gasteiger partial charge on any atom is 0.123 e. The molecule has 0 fully saturated rings. The van der Waals surface area contributed by atoms with Gasteiger partial charge in [0.25, 0.3) is 0 Å². The third-order valence-electron chi connectivity index (χ3n) is 4.12. The zero-order valence-electron chi connectivity index (χ0n) is 13.0. The molecule has 1 nitrogen and oxygen atoms in total. The van der Waals surface area contributed by atoms with Crippen molar-refractivity contribution >= 4 is 10.9 Å². The largest absolute Gasteiger partial charge is 0.248 e. The van der Waals surface area contributed by atoms with E-state index in [2.05, 4.69) is 26.0 Å². The van der Waals surface area contributed by atoms with Crippen molar-refractivity contribution in [1.29, 1.82) is 0 Å². The van der Waals surface area contributed by atoms with Gasteiger partial charge in [0.15, 0.2) is 0 Å². The lowest BCUT2D eigenvalue weighted by Gasteiger charge is -2.15. The molecule has 1 heterocycles. The van der Waals surface area contributed by atoms with Gasteiger partial charge in [0.2, 0.25) is 0 Å². The van der Waals surface area contributed by atoms with E-state index in [0.717, 1.165) is 29.6 Å².